The van der Waals surface area contributed by atoms with E-state index >= 15 is 0 Å². The lowest BCUT2D eigenvalue weighted by molar-refractivity contribution is 0.308. The number of hydrogen-bond donors (Lipinski definition) is 0. The molecule has 0 aliphatic rings. The second-order valence-corrected chi connectivity index (χ2v) is 23.5. The lowest BCUT2D eigenvalue weighted by Crippen LogP contribution is -2.43. The average Bonchev–Trinajstić information content (AvgIpc) is 3.16. The molecule has 2 nitrogen and oxygen atoms in total. The highest BCUT2D eigenvalue weighted by atomic mass is 28.3. The van der Waals surface area contributed by atoms with Crippen molar-refractivity contribution < 1.29 is 9.15 Å². The summed E-state index contributed by atoms with van der Waals surface area (Å²) in [6.07, 6.45) is 0. The molecule has 0 aliphatic heterocycles. The molecule has 0 bridgehead atoms. The number of benzene rings is 1. The highest BCUT2D eigenvalue weighted by Crippen LogP contribution is 2.43. The third kappa shape index (κ3) is 5.97. The van der Waals surface area contributed by atoms with Crippen LogP contribution in [0.1, 0.15) is 94.2 Å². The molecule has 1 aromatic carbocycles. The molecule has 0 saturated carbocycles. The molecular weight excluding hydrogens is 485 g/mol. The van der Waals surface area contributed by atoms with Crippen molar-refractivity contribution >= 4 is 16.1 Å². The molecule has 0 atom stereocenters. The Morgan fingerprint density at radius 2 is 0.973 bits per heavy atom. The molecule has 0 radical (unpaired) electrons. The summed E-state index contributed by atoms with van der Waals surface area (Å²) in [5, 5.41) is 0. The molecule has 0 unspecified atom stereocenters. The Bertz CT molecular complexity index is 1100. The number of ether oxygens (including phenoxy) is 1. The largest absolute Gasteiger partial charge is 0.468 e. The minimum absolute atomic E-state index is 0.473. The predicted molar refractivity (Wildman–Crippen MR) is 167 cm³/mol. The van der Waals surface area contributed by atoms with Gasteiger partial charge in [-0.05, 0) is 33.2 Å². The van der Waals surface area contributed by atoms with Crippen LogP contribution < -0.4 is 4.74 Å². The van der Waals surface area contributed by atoms with Gasteiger partial charge >= 0.3 is 5.95 Å². The normalized spacial score (nSPS) is 12.4. The topological polar surface area (TPSA) is 22.4 Å². The summed E-state index contributed by atoms with van der Waals surface area (Å²) < 4.78 is 12.2. The van der Waals surface area contributed by atoms with Crippen LogP contribution in [-0.2, 0) is 0 Å². The first-order valence-corrected chi connectivity index (χ1v) is 18.6. The molecule has 2 aromatic rings. The summed E-state index contributed by atoms with van der Waals surface area (Å²) >= 11 is 0. The minimum atomic E-state index is -1.95. The smallest absolute Gasteiger partial charge is 0.302 e. The Labute approximate surface area is 230 Å². The summed E-state index contributed by atoms with van der Waals surface area (Å²) in [5.41, 5.74) is 13.8. The average molecular weight is 535 g/mol. The fourth-order valence-corrected chi connectivity index (χ4v) is 17.2. The van der Waals surface area contributed by atoms with E-state index in [1.54, 1.807) is 7.11 Å². The fraction of sp³-hybridized carbons (Fsp3) is 0.576. The highest BCUT2D eigenvalue weighted by molar-refractivity contribution is 6.91. The van der Waals surface area contributed by atoms with Gasteiger partial charge in [-0.25, -0.2) is 0 Å². The summed E-state index contributed by atoms with van der Waals surface area (Å²) in [6, 6.07) is 10.3. The van der Waals surface area contributed by atoms with E-state index < -0.39 is 16.1 Å². The molecule has 2 rings (SSSR count). The molecule has 202 valence electrons. The van der Waals surface area contributed by atoms with Crippen LogP contribution in [0.2, 0.25) is 33.2 Å². The van der Waals surface area contributed by atoms with Crippen molar-refractivity contribution in [2.75, 3.05) is 7.11 Å². The van der Waals surface area contributed by atoms with Crippen molar-refractivity contribution in [3.63, 3.8) is 0 Å². The Hall–Kier alpha value is -2.15. The van der Waals surface area contributed by atoms with Crippen LogP contribution in [0.5, 0.6) is 5.95 Å². The number of methoxy groups -OCH3 is 1. The van der Waals surface area contributed by atoms with Gasteiger partial charge in [-0.15, -0.1) is 11.1 Å². The van der Waals surface area contributed by atoms with Gasteiger partial charge in [0.25, 0.3) is 0 Å². The maximum Gasteiger partial charge on any atom is 0.302 e. The maximum atomic E-state index is 6.38. The molecule has 0 spiro atoms. The lowest BCUT2D eigenvalue weighted by Gasteiger charge is -2.38. The van der Waals surface area contributed by atoms with E-state index in [0.29, 0.717) is 39.2 Å². The summed E-state index contributed by atoms with van der Waals surface area (Å²) in [4.78, 5) is 0. The SMILES string of the molecule is COc1oc(-c2ccccc2)c(C#C[Si](C(C)C)(C(C)C)C(C)C)c1C#C[Si](C(C)C)(C(C)C)C(C)C. The molecule has 1 aromatic heterocycles. The van der Waals surface area contributed by atoms with Crippen LogP contribution in [0.25, 0.3) is 11.3 Å². The van der Waals surface area contributed by atoms with E-state index in [9.17, 15) is 0 Å². The van der Waals surface area contributed by atoms with Crippen molar-refractivity contribution in [2.45, 2.75) is 116 Å². The van der Waals surface area contributed by atoms with Gasteiger partial charge in [0, 0.05) is 5.56 Å². The lowest BCUT2D eigenvalue weighted by atomic mass is 10.1. The van der Waals surface area contributed by atoms with Crippen LogP contribution in [0.4, 0.5) is 0 Å². The molecule has 4 heteroatoms. The van der Waals surface area contributed by atoms with Gasteiger partial charge in [0.2, 0.25) is 0 Å². The summed E-state index contributed by atoms with van der Waals surface area (Å²) in [7, 11) is -2.23. The fourth-order valence-electron chi connectivity index (χ4n) is 6.79. The van der Waals surface area contributed by atoms with Crippen LogP contribution in [-0.4, -0.2) is 23.3 Å². The first-order valence-electron chi connectivity index (χ1n) is 14.1. The summed E-state index contributed by atoms with van der Waals surface area (Å²) in [6.45, 7) is 28.2. The second kappa shape index (κ2) is 12.6. The molecular formula is C33H50O2Si2. The Morgan fingerprint density at radius 3 is 1.32 bits per heavy atom. The van der Waals surface area contributed by atoms with E-state index in [-0.39, 0.29) is 0 Å². The monoisotopic (exact) mass is 534 g/mol. The van der Waals surface area contributed by atoms with Crippen molar-refractivity contribution in [3.8, 4) is 40.2 Å². The minimum Gasteiger partial charge on any atom is -0.468 e. The van der Waals surface area contributed by atoms with Crippen LogP contribution in [0.15, 0.2) is 34.7 Å². The maximum absolute atomic E-state index is 6.38. The third-order valence-corrected chi connectivity index (χ3v) is 21.2. The quantitative estimate of drug-likeness (QED) is 0.248. The predicted octanol–water partition coefficient (Wildman–Crippen LogP) is 10.1. The van der Waals surface area contributed by atoms with E-state index in [0.717, 1.165) is 22.5 Å². The number of hydrogen-bond acceptors (Lipinski definition) is 2. The first kappa shape index (κ1) is 31.1. The zero-order chi connectivity index (χ0) is 28.1. The highest BCUT2D eigenvalue weighted by Gasteiger charge is 2.43. The van der Waals surface area contributed by atoms with Crippen molar-refractivity contribution in [1.29, 1.82) is 0 Å². The first-order chi connectivity index (χ1) is 17.3. The standard InChI is InChI=1S/C33H50O2Si2/c1-23(2)36(24(3)4,25(5)6)21-19-30-31(20-22-37(26(7)8,27(9)10)28(11)12)33(34-13)35-32(30)29-17-15-14-16-18-29/h14-18,23-28H,1-13H3. The van der Waals surface area contributed by atoms with E-state index in [1.807, 2.05) is 18.2 Å². The second-order valence-electron chi connectivity index (χ2n) is 12.3. The zero-order valence-electron chi connectivity index (χ0n) is 25.7. The van der Waals surface area contributed by atoms with Gasteiger partial charge < -0.3 is 9.15 Å². The number of furan rings is 1. The Balaban J connectivity index is 2.97. The van der Waals surface area contributed by atoms with E-state index in [4.69, 9.17) is 9.15 Å². The van der Waals surface area contributed by atoms with E-state index in [2.05, 4.69) is 118 Å². The summed E-state index contributed by atoms with van der Waals surface area (Å²) in [5.74, 6) is 8.57. The van der Waals surface area contributed by atoms with Crippen molar-refractivity contribution in [3.05, 3.63) is 41.5 Å². The van der Waals surface area contributed by atoms with Crippen LogP contribution in [0, 0.1) is 22.9 Å². The molecule has 0 saturated heterocycles. The van der Waals surface area contributed by atoms with Crippen molar-refractivity contribution in [1.82, 2.24) is 0 Å². The van der Waals surface area contributed by atoms with Gasteiger partial charge in [-0.2, -0.15) is 0 Å². The molecule has 1 heterocycles. The van der Waals surface area contributed by atoms with Crippen molar-refractivity contribution in [2.24, 2.45) is 0 Å². The van der Waals surface area contributed by atoms with Crippen LogP contribution >= 0.6 is 0 Å². The molecule has 37 heavy (non-hydrogen) atoms. The van der Waals surface area contributed by atoms with Crippen LogP contribution in [0.3, 0.4) is 0 Å². The molecule has 0 amide bonds. The van der Waals surface area contributed by atoms with Gasteiger partial charge in [0.1, 0.15) is 21.7 Å². The van der Waals surface area contributed by atoms with Gasteiger partial charge in [0.05, 0.1) is 12.7 Å². The van der Waals surface area contributed by atoms with Gasteiger partial charge in [-0.3, -0.25) is 0 Å². The number of rotatable bonds is 8. The zero-order valence-corrected chi connectivity index (χ0v) is 27.7. The Kier molecular flexibility index (Phi) is 10.6. The third-order valence-electron chi connectivity index (χ3n) is 8.64. The molecule has 0 aliphatic carbocycles. The Morgan fingerprint density at radius 1 is 0.595 bits per heavy atom. The van der Waals surface area contributed by atoms with Gasteiger partial charge in [-0.1, -0.05) is 125 Å². The van der Waals surface area contributed by atoms with E-state index in [1.165, 1.54) is 0 Å². The molecule has 0 fully saturated rings. The molecule has 0 N–H and O–H groups in total. The van der Waals surface area contributed by atoms with Gasteiger partial charge in [0.15, 0.2) is 5.76 Å².